The van der Waals surface area contributed by atoms with E-state index in [0.717, 1.165) is 27.6 Å². The van der Waals surface area contributed by atoms with Gasteiger partial charge in [-0.3, -0.25) is 19.8 Å². The van der Waals surface area contributed by atoms with E-state index >= 15 is 0 Å². The number of nitrogens with one attached hydrogen (secondary N) is 3. The molecule has 9 heteroatoms. The topological polar surface area (TPSA) is 120 Å². The summed E-state index contributed by atoms with van der Waals surface area (Å²) in [5.41, 5.74) is 12.8. The zero-order chi connectivity index (χ0) is 27.7. The van der Waals surface area contributed by atoms with Gasteiger partial charge in [0.2, 0.25) is 0 Å². The average Bonchev–Trinajstić information content (AvgIpc) is 3.36. The summed E-state index contributed by atoms with van der Waals surface area (Å²) in [4.78, 5) is 43.1. The number of benzene rings is 3. The molecular formula is C31H34ClN5O3. The number of carbonyl (C=O) groups excluding carboxylic acids is 3. The van der Waals surface area contributed by atoms with Gasteiger partial charge in [-0.05, 0) is 67.3 Å². The molecule has 2 unspecified atom stereocenters. The van der Waals surface area contributed by atoms with E-state index in [1.807, 2.05) is 79.9 Å². The van der Waals surface area contributed by atoms with Crippen molar-refractivity contribution < 1.29 is 14.4 Å². The number of para-hydroxylation sites is 2. The number of amides is 2. The van der Waals surface area contributed by atoms with Crippen molar-refractivity contribution in [2.24, 2.45) is 5.73 Å². The lowest BCUT2D eigenvalue weighted by Crippen LogP contribution is -2.60. The molecule has 40 heavy (non-hydrogen) atoms. The molecular weight excluding hydrogens is 526 g/mol. The first-order valence-electron chi connectivity index (χ1n) is 13.1. The van der Waals surface area contributed by atoms with Crippen LogP contribution in [0.2, 0.25) is 0 Å². The molecule has 208 valence electrons. The summed E-state index contributed by atoms with van der Waals surface area (Å²) in [7, 11) is 0. The summed E-state index contributed by atoms with van der Waals surface area (Å²) >= 11 is 0. The van der Waals surface area contributed by atoms with E-state index in [4.69, 9.17) is 5.73 Å². The van der Waals surface area contributed by atoms with Gasteiger partial charge in [0.1, 0.15) is 0 Å². The number of halogens is 1. The number of fused-ring (bicyclic) bond motifs is 2. The maximum atomic E-state index is 14.0. The van der Waals surface area contributed by atoms with Gasteiger partial charge in [-0.15, -0.1) is 12.4 Å². The highest BCUT2D eigenvalue weighted by atomic mass is 35.5. The van der Waals surface area contributed by atoms with Crippen molar-refractivity contribution in [2.45, 2.75) is 51.2 Å². The van der Waals surface area contributed by atoms with Gasteiger partial charge in [0.25, 0.3) is 11.8 Å². The normalized spacial score (nSPS) is 15.9. The first-order chi connectivity index (χ1) is 18.6. The minimum Gasteiger partial charge on any atom is -0.361 e. The summed E-state index contributed by atoms with van der Waals surface area (Å²) in [5.74, 6) is -1.05. The van der Waals surface area contributed by atoms with E-state index in [1.165, 1.54) is 0 Å². The van der Waals surface area contributed by atoms with E-state index in [-0.39, 0.29) is 30.0 Å². The van der Waals surface area contributed by atoms with Crippen molar-refractivity contribution in [1.82, 2.24) is 15.4 Å². The monoisotopic (exact) mass is 559 g/mol. The summed E-state index contributed by atoms with van der Waals surface area (Å²) in [6.07, 6.45) is 2.22. The van der Waals surface area contributed by atoms with Crippen molar-refractivity contribution in [3.63, 3.8) is 0 Å². The van der Waals surface area contributed by atoms with Crippen LogP contribution in [0.5, 0.6) is 0 Å². The highest BCUT2D eigenvalue weighted by Gasteiger charge is 2.37. The quantitative estimate of drug-likeness (QED) is 0.261. The number of nitrogens with zero attached hydrogens (tertiary/aromatic N) is 1. The lowest BCUT2D eigenvalue weighted by Gasteiger charge is -2.38. The van der Waals surface area contributed by atoms with Crippen LogP contribution in [0.3, 0.4) is 0 Å². The molecule has 0 fully saturated rings. The number of hydrogen-bond donors (Lipinski definition) is 4. The maximum absolute atomic E-state index is 14.0. The predicted octanol–water partition coefficient (Wildman–Crippen LogP) is 4.71. The predicted molar refractivity (Wildman–Crippen MR) is 159 cm³/mol. The van der Waals surface area contributed by atoms with E-state index in [1.54, 1.807) is 24.9 Å². The molecule has 0 radical (unpaired) electrons. The number of Topliss-reactive ketones (excluding diaryl/α,β-unsaturated/α-hetero) is 1. The molecule has 5 N–H and O–H groups in total. The maximum Gasteiger partial charge on any atom is 0.255 e. The Bertz CT molecular complexity index is 1540. The zero-order valence-corrected chi connectivity index (χ0v) is 23.5. The Balaban J connectivity index is 0.00000370. The Morgan fingerprint density at radius 2 is 1.70 bits per heavy atom. The van der Waals surface area contributed by atoms with E-state index < -0.39 is 17.5 Å². The number of rotatable bonds is 7. The van der Waals surface area contributed by atoms with E-state index in [2.05, 4.69) is 15.7 Å². The van der Waals surface area contributed by atoms with Crippen molar-refractivity contribution >= 4 is 46.6 Å². The molecule has 1 aliphatic heterocycles. The summed E-state index contributed by atoms with van der Waals surface area (Å²) in [6.45, 7) is 5.46. The van der Waals surface area contributed by atoms with Crippen LogP contribution in [-0.2, 0) is 22.6 Å². The number of nitrogens with two attached hydrogens (primary N) is 1. The van der Waals surface area contributed by atoms with Crippen molar-refractivity contribution in [3.05, 3.63) is 101 Å². The molecule has 0 bridgehead atoms. The van der Waals surface area contributed by atoms with E-state index in [0.29, 0.717) is 24.2 Å². The van der Waals surface area contributed by atoms with Crippen LogP contribution in [0.4, 0.5) is 5.69 Å². The van der Waals surface area contributed by atoms with Gasteiger partial charge in [0, 0.05) is 40.8 Å². The molecule has 2 atom stereocenters. The number of carbonyl (C=O) groups is 3. The molecule has 0 spiro atoms. The molecule has 1 aliphatic rings. The lowest BCUT2D eigenvalue weighted by atomic mass is 9.85. The standard InChI is InChI=1S/C31H33N5O3.ClH/c1-19(25-17-33-26-12-8-7-11-24(25)26)28(37)27-16-22-15-20(29(38)34-23-9-5-4-6-10-23)13-14-21(22)18-36(27)35-30(39)31(2,3)32;/h4-15,17,19,27,33H,16,18,32H2,1-3H3,(H,34,38)(H,35,39);1H. The van der Waals surface area contributed by atoms with Crippen LogP contribution in [0, 0.1) is 0 Å². The molecule has 4 aromatic rings. The minimum absolute atomic E-state index is 0. The first kappa shape index (κ1) is 29.0. The summed E-state index contributed by atoms with van der Waals surface area (Å²) in [6, 6.07) is 22.0. The molecule has 5 rings (SSSR count). The van der Waals surface area contributed by atoms with Gasteiger partial charge in [-0.25, -0.2) is 5.01 Å². The second-order valence-electron chi connectivity index (χ2n) is 10.7. The SMILES string of the molecule is CC(C(=O)C1Cc2cc(C(=O)Nc3ccccc3)ccc2CN1NC(=O)C(C)(C)N)c1c[nH]c2ccccc12.Cl. The van der Waals surface area contributed by atoms with Crippen LogP contribution in [0.25, 0.3) is 10.9 Å². The Morgan fingerprint density at radius 3 is 2.42 bits per heavy atom. The largest absolute Gasteiger partial charge is 0.361 e. The van der Waals surface area contributed by atoms with Gasteiger partial charge in [0.15, 0.2) is 5.78 Å². The van der Waals surface area contributed by atoms with Crippen LogP contribution in [-0.4, -0.2) is 39.2 Å². The Morgan fingerprint density at radius 1 is 1.00 bits per heavy atom. The number of hydrazine groups is 1. The van der Waals surface area contributed by atoms with Gasteiger partial charge in [-0.2, -0.15) is 0 Å². The zero-order valence-electron chi connectivity index (χ0n) is 22.7. The van der Waals surface area contributed by atoms with Gasteiger partial charge in [-0.1, -0.05) is 49.4 Å². The molecule has 2 amide bonds. The van der Waals surface area contributed by atoms with Crippen molar-refractivity contribution in [1.29, 1.82) is 0 Å². The Kier molecular flexibility index (Phi) is 8.44. The van der Waals surface area contributed by atoms with E-state index in [9.17, 15) is 14.4 Å². The van der Waals surface area contributed by atoms with Crippen molar-refractivity contribution in [2.75, 3.05) is 5.32 Å². The molecule has 3 aromatic carbocycles. The third-order valence-corrected chi connectivity index (χ3v) is 7.30. The fourth-order valence-electron chi connectivity index (χ4n) is 4.99. The molecule has 1 aromatic heterocycles. The molecule has 0 saturated heterocycles. The van der Waals surface area contributed by atoms with Crippen molar-refractivity contribution in [3.8, 4) is 0 Å². The fraction of sp³-hybridized carbons (Fsp3) is 0.258. The Labute approximate surface area is 239 Å². The Hall–Kier alpha value is -3.98. The van der Waals surface area contributed by atoms with Crippen LogP contribution >= 0.6 is 12.4 Å². The number of aromatic amines is 1. The highest BCUT2D eigenvalue weighted by Crippen LogP contribution is 2.31. The van der Waals surface area contributed by atoms with Gasteiger partial charge < -0.3 is 16.0 Å². The van der Waals surface area contributed by atoms with Gasteiger partial charge >= 0.3 is 0 Å². The first-order valence-corrected chi connectivity index (χ1v) is 13.1. The molecule has 0 saturated carbocycles. The second-order valence-corrected chi connectivity index (χ2v) is 10.7. The van der Waals surface area contributed by atoms with Gasteiger partial charge in [0.05, 0.1) is 11.6 Å². The molecule has 2 heterocycles. The molecule has 8 nitrogen and oxygen atoms in total. The number of H-pyrrole nitrogens is 1. The van der Waals surface area contributed by atoms with Crippen LogP contribution < -0.4 is 16.5 Å². The fourth-order valence-corrected chi connectivity index (χ4v) is 4.99. The number of anilines is 1. The number of aromatic nitrogens is 1. The number of hydrogen-bond acceptors (Lipinski definition) is 5. The van der Waals surface area contributed by atoms with Crippen LogP contribution in [0.1, 0.15) is 53.7 Å². The summed E-state index contributed by atoms with van der Waals surface area (Å²) < 4.78 is 0. The third-order valence-electron chi connectivity index (χ3n) is 7.30. The average molecular weight is 560 g/mol. The number of ketones is 1. The smallest absolute Gasteiger partial charge is 0.255 e. The highest BCUT2D eigenvalue weighted by molar-refractivity contribution is 6.04. The third kappa shape index (κ3) is 5.94. The lowest BCUT2D eigenvalue weighted by molar-refractivity contribution is -0.136. The minimum atomic E-state index is -1.12. The second kappa shape index (κ2) is 11.6. The molecule has 0 aliphatic carbocycles. The van der Waals surface area contributed by atoms with Crippen LogP contribution in [0.15, 0.2) is 79.0 Å². The summed E-state index contributed by atoms with van der Waals surface area (Å²) in [5, 5.41) is 5.60.